The molecule has 0 unspecified atom stereocenters. The Kier molecular flexibility index (Phi) is 7.08. The minimum absolute atomic E-state index is 0.000507. The molecule has 11 heteroatoms. The largest absolute Gasteiger partial charge is 0.416 e. The molecule has 2 fully saturated rings. The van der Waals surface area contributed by atoms with E-state index in [1.807, 2.05) is 22.9 Å². The van der Waals surface area contributed by atoms with Crippen LogP contribution in [0.2, 0.25) is 0 Å². The number of nitrogens with one attached hydrogen (secondary N) is 2. The van der Waals surface area contributed by atoms with Crippen molar-refractivity contribution in [1.29, 1.82) is 5.26 Å². The lowest BCUT2D eigenvalue weighted by Gasteiger charge is -2.46. The van der Waals surface area contributed by atoms with Gasteiger partial charge in [-0.05, 0) is 56.0 Å². The SMILES string of the molecule is N#Cc1cc(NCC(=O)NC2CN(C3CCC(n4ccccc4=O)CC3)C2)c2cc(C(F)(F)F)ccc2n1. The zero-order valence-electron chi connectivity index (χ0n) is 20.5. The van der Waals surface area contributed by atoms with Gasteiger partial charge in [0.1, 0.15) is 11.8 Å². The van der Waals surface area contributed by atoms with E-state index in [4.69, 9.17) is 0 Å². The molecule has 2 aromatic heterocycles. The fourth-order valence-electron chi connectivity index (χ4n) is 5.40. The van der Waals surface area contributed by atoms with Gasteiger partial charge < -0.3 is 15.2 Å². The van der Waals surface area contributed by atoms with Gasteiger partial charge in [0.25, 0.3) is 5.56 Å². The van der Waals surface area contributed by atoms with E-state index in [2.05, 4.69) is 20.5 Å². The molecule has 1 aliphatic carbocycles. The highest BCUT2D eigenvalue weighted by molar-refractivity contribution is 5.94. The lowest BCUT2D eigenvalue weighted by atomic mass is 9.88. The van der Waals surface area contributed by atoms with E-state index in [9.17, 15) is 28.0 Å². The fraction of sp³-hybridized carbons (Fsp3) is 0.407. The second-order valence-corrected chi connectivity index (χ2v) is 9.88. The van der Waals surface area contributed by atoms with Crippen molar-refractivity contribution in [1.82, 2.24) is 19.8 Å². The first-order valence-electron chi connectivity index (χ1n) is 12.6. The van der Waals surface area contributed by atoms with Crippen LogP contribution < -0.4 is 16.2 Å². The summed E-state index contributed by atoms with van der Waals surface area (Å²) in [4.78, 5) is 31.1. The molecule has 3 aromatic rings. The highest BCUT2D eigenvalue weighted by Crippen LogP contribution is 2.34. The zero-order valence-corrected chi connectivity index (χ0v) is 20.5. The predicted octanol–water partition coefficient (Wildman–Crippen LogP) is 3.68. The molecule has 198 valence electrons. The first kappa shape index (κ1) is 25.7. The third kappa shape index (κ3) is 5.50. The number of alkyl halides is 3. The van der Waals surface area contributed by atoms with Gasteiger partial charge in [-0.3, -0.25) is 14.5 Å². The third-order valence-corrected chi connectivity index (χ3v) is 7.39. The zero-order chi connectivity index (χ0) is 26.9. The van der Waals surface area contributed by atoms with Crippen LogP contribution in [0.15, 0.2) is 53.5 Å². The van der Waals surface area contributed by atoms with Gasteiger partial charge in [0, 0.05) is 48.5 Å². The lowest BCUT2D eigenvalue weighted by Crippen LogP contribution is -2.63. The van der Waals surface area contributed by atoms with Crippen LogP contribution in [-0.2, 0) is 11.0 Å². The summed E-state index contributed by atoms with van der Waals surface area (Å²) in [5.41, 5.74) is -0.274. The van der Waals surface area contributed by atoms with E-state index in [0.29, 0.717) is 6.04 Å². The highest BCUT2D eigenvalue weighted by atomic mass is 19.4. The molecular formula is C27H27F3N6O2. The van der Waals surface area contributed by atoms with Gasteiger partial charge in [-0.15, -0.1) is 0 Å². The normalized spacial score (nSPS) is 20.5. The molecule has 1 saturated heterocycles. The Labute approximate surface area is 217 Å². The van der Waals surface area contributed by atoms with Crippen LogP contribution in [0.5, 0.6) is 0 Å². The fourth-order valence-corrected chi connectivity index (χ4v) is 5.40. The van der Waals surface area contributed by atoms with Gasteiger partial charge in [-0.2, -0.15) is 18.4 Å². The van der Waals surface area contributed by atoms with Crippen molar-refractivity contribution in [2.45, 2.75) is 50.0 Å². The van der Waals surface area contributed by atoms with Gasteiger partial charge in [0.15, 0.2) is 0 Å². The van der Waals surface area contributed by atoms with Crippen molar-refractivity contribution in [2.75, 3.05) is 25.0 Å². The molecule has 0 spiro atoms. The molecule has 0 atom stereocenters. The number of carbonyl (C=O) groups is 1. The van der Waals surface area contributed by atoms with Crippen molar-refractivity contribution in [2.24, 2.45) is 0 Å². The van der Waals surface area contributed by atoms with E-state index in [1.54, 1.807) is 12.1 Å². The number of likely N-dealkylation sites (tertiary alicyclic amines) is 1. The average Bonchev–Trinajstić information content (AvgIpc) is 2.88. The molecule has 0 radical (unpaired) electrons. The Morgan fingerprint density at radius 2 is 1.82 bits per heavy atom. The van der Waals surface area contributed by atoms with Crippen molar-refractivity contribution in [3.8, 4) is 6.07 Å². The number of halogens is 3. The topological polar surface area (TPSA) is 103 Å². The van der Waals surface area contributed by atoms with E-state index in [-0.39, 0.29) is 52.4 Å². The molecule has 1 aromatic carbocycles. The Morgan fingerprint density at radius 3 is 2.50 bits per heavy atom. The number of nitriles is 1. The Morgan fingerprint density at radius 1 is 1.08 bits per heavy atom. The van der Waals surface area contributed by atoms with E-state index >= 15 is 0 Å². The Balaban J connectivity index is 1.13. The summed E-state index contributed by atoms with van der Waals surface area (Å²) in [6.45, 7) is 1.32. The van der Waals surface area contributed by atoms with Crippen molar-refractivity contribution in [3.63, 3.8) is 0 Å². The summed E-state index contributed by atoms with van der Waals surface area (Å²) in [6, 6.07) is 12.2. The summed E-state index contributed by atoms with van der Waals surface area (Å²) in [5, 5.41) is 15.3. The summed E-state index contributed by atoms with van der Waals surface area (Å²) < 4.78 is 41.4. The van der Waals surface area contributed by atoms with Crippen molar-refractivity contribution in [3.05, 3.63) is 70.3 Å². The molecule has 38 heavy (non-hydrogen) atoms. The molecule has 8 nitrogen and oxygen atoms in total. The molecule has 5 rings (SSSR count). The number of nitrogens with zero attached hydrogens (tertiary/aromatic N) is 4. The number of pyridine rings is 2. The number of benzene rings is 1. The summed E-state index contributed by atoms with van der Waals surface area (Å²) in [6.07, 6.45) is 1.18. The molecule has 2 aliphatic rings. The van der Waals surface area contributed by atoms with Gasteiger partial charge in [0.05, 0.1) is 23.7 Å². The van der Waals surface area contributed by atoms with Gasteiger partial charge in [0.2, 0.25) is 5.91 Å². The second kappa shape index (κ2) is 10.5. The van der Waals surface area contributed by atoms with Crippen molar-refractivity contribution < 1.29 is 18.0 Å². The maximum absolute atomic E-state index is 13.2. The van der Waals surface area contributed by atoms with E-state index in [0.717, 1.165) is 50.9 Å². The summed E-state index contributed by atoms with van der Waals surface area (Å²) in [7, 11) is 0. The average molecular weight is 525 g/mol. The third-order valence-electron chi connectivity index (χ3n) is 7.39. The van der Waals surface area contributed by atoms with Gasteiger partial charge >= 0.3 is 6.18 Å². The minimum Gasteiger partial charge on any atom is -0.376 e. The lowest BCUT2D eigenvalue weighted by molar-refractivity contribution is -0.137. The van der Waals surface area contributed by atoms with Crippen LogP contribution in [-0.4, -0.2) is 52.1 Å². The number of hydrogen-bond acceptors (Lipinski definition) is 6. The first-order chi connectivity index (χ1) is 18.2. The number of amides is 1. The standard InChI is InChI=1S/C27H27F3N6O2/c28-27(29,30)17-4-9-23-22(11-17)24(12-18(13-31)33-23)32-14-25(37)34-19-15-35(16-19)20-5-7-21(8-6-20)36-10-2-1-3-26(36)38/h1-4,9-12,19-21H,5-8,14-16H2,(H,32,33)(H,34,37). The smallest absolute Gasteiger partial charge is 0.376 e. The molecule has 1 aliphatic heterocycles. The molecular weight excluding hydrogens is 497 g/mol. The number of fused-ring (bicyclic) bond motifs is 1. The first-order valence-corrected chi connectivity index (χ1v) is 12.6. The number of hydrogen-bond donors (Lipinski definition) is 2. The monoisotopic (exact) mass is 524 g/mol. The number of carbonyl (C=O) groups excluding carboxylic acids is 1. The van der Waals surface area contributed by atoms with Crippen LogP contribution in [0.4, 0.5) is 18.9 Å². The van der Waals surface area contributed by atoms with Crippen molar-refractivity contribution >= 4 is 22.5 Å². The minimum atomic E-state index is -4.52. The van der Waals surface area contributed by atoms with E-state index < -0.39 is 11.7 Å². The molecule has 2 N–H and O–H groups in total. The van der Waals surface area contributed by atoms with Crippen LogP contribution in [0.1, 0.15) is 43.0 Å². The maximum atomic E-state index is 13.2. The molecule has 0 bridgehead atoms. The summed E-state index contributed by atoms with van der Waals surface area (Å²) in [5.74, 6) is -0.280. The van der Waals surface area contributed by atoms with Crippen LogP contribution >= 0.6 is 0 Å². The van der Waals surface area contributed by atoms with Gasteiger partial charge in [-0.1, -0.05) is 6.07 Å². The Bertz CT molecular complexity index is 1430. The van der Waals surface area contributed by atoms with Crippen LogP contribution in [0, 0.1) is 11.3 Å². The van der Waals surface area contributed by atoms with Crippen LogP contribution in [0.25, 0.3) is 10.9 Å². The summed E-state index contributed by atoms with van der Waals surface area (Å²) >= 11 is 0. The number of aromatic nitrogens is 2. The number of anilines is 1. The maximum Gasteiger partial charge on any atom is 0.416 e. The molecule has 3 heterocycles. The van der Waals surface area contributed by atoms with Crippen LogP contribution in [0.3, 0.4) is 0 Å². The quantitative estimate of drug-likeness (QED) is 0.510. The number of rotatable bonds is 6. The van der Waals surface area contributed by atoms with E-state index in [1.165, 1.54) is 12.1 Å². The highest BCUT2D eigenvalue weighted by Gasteiger charge is 2.35. The molecule has 1 saturated carbocycles. The molecule has 1 amide bonds. The predicted molar refractivity (Wildman–Crippen MR) is 135 cm³/mol. The second-order valence-electron chi connectivity index (χ2n) is 9.88. The Hall–Kier alpha value is -3.91. The van der Waals surface area contributed by atoms with Gasteiger partial charge in [-0.25, -0.2) is 4.98 Å².